The molecule has 2 aromatic carbocycles. The van der Waals surface area contributed by atoms with E-state index in [2.05, 4.69) is 30.9 Å². The number of likely N-dealkylation sites (tertiary alicyclic amines) is 1. The van der Waals surface area contributed by atoms with E-state index < -0.39 is 0 Å². The Kier molecular flexibility index (Phi) is 5.54. The van der Waals surface area contributed by atoms with Crippen LogP contribution in [0.3, 0.4) is 0 Å². The zero-order valence-electron chi connectivity index (χ0n) is 15.2. The molecule has 2 aromatic rings. The van der Waals surface area contributed by atoms with Crippen LogP contribution >= 0.6 is 0 Å². The summed E-state index contributed by atoms with van der Waals surface area (Å²) in [6.45, 7) is 6.90. The smallest absolute Gasteiger partial charge is 0.140 e. The molecular weight excluding hydrogens is 310 g/mol. The van der Waals surface area contributed by atoms with Crippen LogP contribution in [0.5, 0.6) is 11.5 Å². The largest absolute Gasteiger partial charge is 0.457 e. The quantitative estimate of drug-likeness (QED) is 0.707. The van der Waals surface area contributed by atoms with E-state index in [-0.39, 0.29) is 5.41 Å². The van der Waals surface area contributed by atoms with Gasteiger partial charge >= 0.3 is 0 Å². The third-order valence-corrected chi connectivity index (χ3v) is 4.99. The Hall–Kier alpha value is -2.13. The lowest BCUT2D eigenvalue weighted by molar-refractivity contribution is -0.127. The first-order valence-corrected chi connectivity index (χ1v) is 9.16. The molecule has 1 aliphatic heterocycles. The van der Waals surface area contributed by atoms with Crippen LogP contribution < -0.4 is 4.74 Å². The number of carbonyl (C=O) groups excluding carboxylic acids is 1. The molecular formula is C22H27NO2. The maximum Gasteiger partial charge on any atom is 0.140 e. The Morgan fingerprint density at radius 3 is 2.64 bits per heavy atom. The van der Waals surface area contributed by atoms with Crippen LogP contribution in [0, 0.1) is 5.41 Å². The number of carbonyl (C=O) groups is 1. The van der Waals surface area contributed by atoms with Gasteiger partial charge in [0.15, 0.2) is 0 Å². The van der Waals surface area contributed by atoms with E-state index in [9.17, 15) is 4.79 Å². The summed E-state index contributed by atoms with van der Waals surface area (Å²) in [5.41, 5.74) is 1.05. The van der Waals surface area contributed by atoms with E-state index in [1.165, 1.54) is 5.56 Å². The number of hydrogen-bond donors (Lipinski definition) is 0. The molecule has 1 fully saturated rings. The molecule has 1 atom stereocenters. The number of para-hydroxylation sites is 1. The molecule has 1 heterocycles. The summed E-state index contributed by atoms with van der Waals surface area (Å²) < 4.78 is 5.92. The van der Waals surface area contributed by atoms with Gasteiger partial charge in [-0.2, -0.15) is 0 Å². The van der Waals surface area contributed by atoms with Crippen molar-refractivity contribution in [3.63, 3.8) is 0 Å². The van der Waals surface area contributed by atoms with Crippen molar-refractivity contribution < 1.29 is 9.53 Å². The van der Waals surface area contributed by atoms with Gasteiger partial charge in [-0.05, 0) is 49.2 Å². The highest BCUT2D eigenvalue weighted by molar-refractivity contribution is 5.85. The molecule has 0 saturated carbocycles. The standard InChI is InChI=1S/C22H27NO2/c1-3-8-21(24)22(2)13-14-23(17-22)16-18-9-7-12-20(15-18)25-19-10-5-4-6-11-19/h4-7,9-12,15H,3,8,13-14,16-17H2,1-2H3/t22-/m0/s1. The van der Waals surface area contributed by atoms with Crippen molar-refractivity contribution in [3.05, 3.63) is 60.2 Å². The van der Waals surface area contributed by atoms with Crippen LogP contribution in [0.25, 0.3) is 0 Å². The fourth-order valence-electron chi connectivity index (χ4n) is 3.54. The number of hydrogen-bond acceptors (Lipinski definition) is 3. The monoisotopic (exact) mass is 337 g/mol. The van der Waals surface area contributed by atoms with Crippen molar-refractivity contribution in [1.82, 2.24) is 4.90 Å². The molecule has 0 bridgehead atoms. The highest BCUT2D eigenvalue weighted by atomic mass is 16.5. The summed E-state index contributed by atoms with van der Waals surface area (Å²) in [7, 11) is 0. The molecule has 25 heavy (non-hydrogen) atoms. The molecule has 3 heteroatoms. The molecule has 0 unspecified atom stereocenters. The van der Waals surface area contributed by atoms with E-state index in [0.29, 0.717) is 12.2 Å². The Balaban J connectivity index is 1.62. The summed E-state index contributed by atoms with van der Waals surface area (Å²) in [5, 5.41) is 0. The first kappa shape index (κ1) is 17.7. The number of Topliss-reactive ketones (excluding diaryl/α,β-unsaturated/α-hetero) is 1. The third kappa shape index (κ3) is 4.49. The highest BCUT2D eigenvalue weighted by Crippen LogP contribution is 2.33. The molecule has 3 rings (SSSR count). The van der Waals surface area contributed by atoms with Crippen LogP contribution in [0.2, 0.25) is 0 Å². The van der Waals surface area contributed by atoms with Gasteiger partial charge in [0.25, 0.3) is 0 Å². The number of ketones is 1. The van der Waals surface area contributed by atoms with Gasteiger partial charge < -0.3 is 4.74 Å². The van der Waals surface area contributed by atoms with Gasteiger partial charge in [-0.1, -0.05) is 44.2 Å². The Bertz CT molecular complexity index is 713. The predicted octanol–water partition coefficient (Wildman–Crippen LogP) is 5.06. The minimum absolute atomic E-state index is 0.172. The maximum absolute atomic E-state index is 12.4. The van der Waals surface area contributed by atoms with Crippen LogP contribution in [0.4, 0.5) is 0 Å². The van der Waals surface area contributed by atoms with Gasteiger partial charge in [-0.3, -0.25) is 9.69 Å². The van der Waals surface area contributed by atoms with Crippen LogP contribution in [-0.4, -0.2) is 23.8 Å². The van der Waals surface area contributed by atoms with Crippen molar-refractivity contribution in [3.8, 4) is 11.5 Å². The molecule has 132 valence electrons. The lowest BCUT2D eigenvalue weighted by Gasteiger charge is -2.23. The lowest BCUT2D eigenvalue weighted by atomic mass is 9.83. The molecule has 0 spiro atoms. The second-order valence-electron chi connectivity index (χ2n) is 7.26. The predicted molar refractivity (Wildman–Crippen MR) is 101 cm³/mol. The second-order valence-corrected chi connectivity index (χ2v) is 7.26. The van der Waals surface area contributed by atoms with Gasteiger partial charge in [0, 0.05) is 24.9 Å². The Morgan fingerprint density at radius 2 is 1.88 bits per heavy atom. The van der Waals surface area contributed by atoms with Gasteiger partial charge in [0.05, 0.1) is 0 Å². The van der Waals surface area contributed by atoms with Gasteiger partial charge in [-0.25, -0.2) is 0 Å². The average molecular weight is 337 g/mol. The minimum atomic E-state index is -0.172. The first-order chi connectivity index (χ1) is 12.1. The molecule has 1 saturated heterocycles. The molecule has 0 amide bonds. The fraction of sp³-hybridized carbons (Fsp3) is 0.409. The number of nitrogens with zero attached hydrogens (tertiary/aromatic N) is 1. The van der Waals surface area contributed by atoms with Crippen LogP contribution in [0.1, 0.15) is 38.7 Å². The van der Waals surface area contributed by atoms with Gasteiger partial charge in [0.2, 0.25) is 0 Å². The number of ether oxygens (including phenoxy) is 1. The molecule has 0 aliphatic carbocycles. The summed E-state index contributed by atoms with van der Waals surface area (Å²) in [6.07, 6.45) is 2.60. The van der Waals surface area contributed by atoms with E-state index >= 15 is 0 Å². The van der Waals surface area contributed by atoms with Crippen molar-refractivity contribution in [1.29, 1.82) is 0 Å². The molecule has 3 nitrogen and oxygen atoms in total. The summed E-state index contributed by atoms with van der Waals surface area (Å²) in [4.78, 5) is 14.8. The molecule has 0 radical (unpaired) electrons. The molecule has 0 aromatic heterocycles. The maximum atomic E-state index is 12.4. The van der Waals surface area contributed by atoms with E-state index in [1.807, 2.05) is 42.5 Å². The molecule has 1 aliphatic rings. The van der Waals surface area contributed by atoms with E-state index in [0.717, 1.165) is 44.0 Å². The zero-order valence-corrected chi connectivity index (χ0v) is 15.2. The summed E-state index contributed by atoms with van der Waals surface area (Å²) in [6, 6.07) is 18.1. The van der Waals surface area contributed by atoms with Crippen LogP contribution in [-0.2, 0) is 11.3 Å². The van der Waals surface area contributed by atoms with Gasteiger partial charge in [0.1, 0.15) is 17.3 Å². The van der Waals surface area contributed by atoms with Crippen molar-refractivity contribution >= 4 is 5.78 Å². The van der Waals surface area contributed by atoms with E-state index in [1.54, 1.807) is 0 Å². The van der Waals surface area contributed by atoms with Crippen molar-refractivity contribution in [2.45, 2.75) is 39.7 Å². The fourth-order valence-corrected chi connectivity index (χ4v) is 3.54. The topological polar surface area (TPSA) is 29.5 Å². The lowest BCUT2D eigenvalue weighted by Crippen LogP contribution is -2.31. The summed E-state index contributed by atoms with van der Waals surface area (Å²) >= 11 is 0. The Morgan fingerprint density at radius 1 is 1.12 bits per heavy atom. The zero-order chi connectivity index (χ0) is 17.7. The third-order valence-electron chi connectivity index (χ3n) is 4.99. The summed E-state index contributed by atoms with van der Waals surface area (Å²) in [5.74, 6) is 2.12. The second kappa shape index (κ2) is 7.83. The first-order valence-electron chi connectivity index (χ1n) is 9.16. The van der Waals surface area contributed by atoms with Crippen molar-refractivity contribution in [2.24, 2.45) is 5.41 Å². The number of benzene rings is 2. The van der Waals surface area contributed by atoms with Crippen molar-refractivity contribution in [2.75, 3.05) is 13.1 Å². The number of rotatable bonds is 7. The Labute approximate surface area is 150 Å². The van der Waals surface area contributed by atoms with Crippen LogP contribution in [0.15, 0.2) is 54.6 Å². The average Bonchev–Trinajstić information content (AvgIpc) is 2.99. The minimum Gasteiger partial charge on any atom is -0.457 e. The van der Waals surface area contributed by atoms with Gasteiger partial charge in [-0.15, -0.1) is 0 Å². The SMILES string of the molecule is CCCC(=O)[C@@]1(C)CCN(Cc2cccc(Oc3ccccc3)c2)C1. The molecule has 0 N–H and O–H groups in total. The normalized spacial score (nSPS) is 20.6. The highest BCUT2D eigenvalue weighted by Gasteiger charge is 2.39. The van der Waals surface area contributed by atoms with E-state index in [4.69, 9.17) is 4.74 Å².